The largest absolute Gasteiger partial charge is 0.444 e. The van der Waals surface area contributed by atoms with Crippen molar-refractivity contribution in [3.8, 4) is 0 Å². The molecule has 1 aliphatic heterocycles. The van der Waals surface area contributed by atoms with Gasteiger partial charge in [0.1, 0.15) is 10.6 Å². The van der Waals surface area contributed by atoms with Crippen molar-refractivity contribution in [1.82, 2.24) is 15.1 Å². The Kier molecular flexibility index (Phi) is 5.08. The summed E-state index contributed by atoms with van der Waals surface area (Å²) in [6, 6.07) is 3.96. The molecular weight excluding hydrogens is 286 g/mol. The number of carbonyl (C=O) groups is 1. The molecule has 2 heterocycles. The topological polar surface area (TPSA) is 55.3 Å². The third-order valence-corrected chi connectivity index (χ3v) is 4.33. The fourth-order valence-electron chi connectivity index (χ4n) is 2.13. The molecule has 6 heteroatoms. The molecule has 2 rings (SSSR count). The lowest BCUT2D eigenvalue weighted by Crippen LogP contribution is -2.35. The highest BCUT2D eigenvalue weighted by Gasteiger charge is 2.29. The van der Waals surface area contributed by atoms with Crippen LogP contribution >= 0.6 is 11.8 Å². The highest BCUT2D eigenvalue weighted by Crippen LogP contribution is 2.25. The van der Waals surface area contributed by atoms with Crippen LogP contribution < -0.4 is 0 Å². The summed E-state index contributed by atoms with van der Waals surface area (Å²) in [5.74, 6) is 1.45. The van der Waals surface area contributed by atoms with Crippen LogP contribution in [0.15, 0.2) is 17.2 Å². The number of nitrogens with zero attached hydrogens (tertiary/aromatic N) is 3. The SMILES string of the molecule is Cc1ccc(SC[C@H]2CCN(C(=O)OC(C)(C)C)C2)nn1. The van der Waals surface area contributed by atoms with Crippen LogP contribution in [0, 0.1) is 12.8 Å². The van der Waals surface area contributed by atoms with Gasteiger partial charge in [-0.1, -0.05) is 0 Å². The number of likely N-dealkylation sites (tertiary alicyclic amines) is 1. The number of amides is 1. The van der Waals surface area contributed by atoms with E-state index in [1.165, 1.54) is 0 Å². The molecule has 0 spiro atoms. The quantitative estimate of drug-likeness (QED) is 0.803. The van der Waals surface area contributed by atoms with Crippen LogP contribution in [0.25, 0.3) is 0 Å². The number of hydrogen-bond donors (Lipinski definition) is 0. The minimum Gasteiger partial charge on any atom is -0.444 e. The minimum absolute atomic E-state index is 0.204. The molecule has 5 nitrogen and oxygen atoms in total. The van der Waals surface area contributed by atoms with Gasteiger partial charge in [-0.25, -0.2) is 4.79 Å². The normalized spacial score (nSPS) is 18.9. The number of hydrogen-bond acceptors (Lipinski definition) is 5. The van der Waals surface area contributed by atoms with E-state index < -0.39 is 5.60 Å². The van der Waals surface area contributed by atoms with Gasteiger partial charge in [-0.05, 0) is 52.2 Å². The molecule has 1 atom stereocenters. The molecule has 0 radical (unpaired) electrons. The second kappa shape index (κ2) is 6.64. The standard InChI is InChI=1S/C15H23N3O2S/c1-11-5-6-13(17-16-11)21-10-12-7-8-18(9-12)14(19)20-15(2,3)4/h5-6,12H,7-10H2,1-4H3/t12-/m0/s1. The first-order valence-electron chi connectivity index (χ1n) is 7.24. The summed E-state index contributed by atoms with van der Waals surface area (Å²) >= 11 is 1.70. The van der Waals surface area contributed by atoms with Crippen LogP contribution in [-0.2, 0) is 4.74 Å². The zero-order chi connectivity index (χ0) is 15.5. The molecule has 0 N–H and O–H groups in total. The number of ether oxygens (including phenoxy) is 1. The summed E-state index contributed by atoms with van der Waals surface area (Å²) in [5, 5.41) is 9.14. The lowest BCUT2D eigenvalue weighted by molar-refractivity contribution is 0.0289. The highest BCUT2D eigenvalue weighted by molar-refractivity contribution is 7.99. The Morgan fingerprint density at radius 2 is 2.19 bits per heavy atom. The third kappa shape index (κ3) is 5.19. The molecule has 0 bridgehead atoms. The van der Waals surface area contributed by atoms with Crippen molar-refractivity contribution in [3.63, 3.8) is 0 Å². The summed E-state index contributed by atoms with van der Waals surface area (Å²) in [5.41, 5.74) is 0.498. The zero-order valence-electron chi connectivity index (χ0n) is 13.1. The van der Waals surface area contributed by atoms with Gasteiger partial charge >= 0.3 is 6.09 Å². The van der Waals surface area contributed by atoms with Crippen LogP contribution in [0.4, 0.5) is 4.79 Å². The Bertz CT molecular complexity index is 485. The summed E-state index contributed by atoms with van der Waals surface area (Å²) in [4.78, 5) is 13.8. The number of aryl methyl sites for hydroxylation is 1. The molecule has 0 saturated carbocycles. The fourth-order valence-corrected chi connectivity index (χ4v) is 3.07. The van der Waals surface area contributed by atoms with Crippen molar-refractivity contribution in [1.29, 1.82) is 0 Å². The molecule has 0 unspecified atom stereocenters. The molecule has 0 aromatic carbocycles. The predicted molar refractivity (Wildman–Crippen MR) is 83.4 cm³/mol. The van der Waals surface area contributed by atoms with E-state index >= 15 is 0 Å². The molecule has 1 fully saturated rings. The number of aromatic nitrogens is 2. The number of carbonyl (C=O) groups excluding carboxylic acids is 1. The molecule has 1 saturated heterocycles. The van der Waals surface area contributed by atoms with Crippen molar-refractivity contribution >= 4 is 17.9 Å². The van der Waals surface area contributed by atoms with E-state index in [0.29, 0.717) is 5.92 Å². The Morgan fingerprint density at radius 1 is 1.43 bits per heavy atom. The van der Waals surface area contributed by atoms with Gasteiger partial charge < -0.3 is 9.64 Å². The smallest absolute Gasteiger partial charge is 0.410 e. The lowest BCUT2D eigenvalue weighted by Gasteiger charge is -2.24. The maximum Gasteiger partial charge on any atom is 0.410 e. The first-order valence-corrected chi connectivity index (χ1v) is 8.23. The fraction of sp³-hybridized carbons (Fsp3) is 0.667. The van der Waals surface area contributed by atoms with Crippen LogP contribution in [0.2, 0.25) is 0 Å². The van der Waals surface area contributed by atoms with Crippen molar-refractivity contribution in [2.45, 2.75) is 44.7 Å². The molecule has 1 aromatic heterocycles. The van der Waals surface area contributed by atoms with Crippen LogP contribution in [0.3, 0.4) is 0 Å². The van der Waals surface area contributed by atoms with Gasteiger partial charge in [-0.2, -0.15) is 5.10 Å². The predicted octanol–water partition coefficient (Wildman–Crippen LogP) is 3.13. The maximum atomic E-state index is 12.0. The van der Waals surface area contributed by atoms with Crippen LogP contribution in [-0.4, -0.2) is 45.6 Å². The summed E-state index contributed by atoms with van der Waals surface area (Å²) in [6.45, 7) is 9.15. The number of thioether (sulfide) groups is 1. The Balaban J connectivity index is 1.77. The molecule has 1 aromatic rings. The van der Waals surface area contributed by atoms with Gasteiger partial charge in [-0.15, -0.1) is 16.9 Å². The van der Waals surface area contributed by atoms with Gasteiger partial charge in [0.15, 0.2) is 0 Å². The van der Waals surface area contributed by atoms with Gasteiger partial charge in [0.25, 0.3) is 0 Å². The monoisotopic (exact) mass is 309 g/mol. The van der Waals surface area contributed by atoms with E-state index in [4.69, 9.17) is 4.74 Å². The first kappa shape index (κ1) is 16.1. The van der Waals surface area contributed by atoms with Crippen molar-refractivity contribution < 1.29 is 9.53 Å². The zero-order valence-corrected chi connectivity index (χ0v) is 13.9. The van der Waals surface area contributed by atoms with Crippen molar-refractivity contribution in [3.05, 3.63) is 17.8 Å². The molecule has 21 heavy (non-hydrogen) atoms. The molecule has 1 aliphatic rings. The average Bonchev–Trinajstić information content (AvgIpc) is 2.85. The lowest BCUT2D eigenvalue weighted by atomic mass is 10.2. The van der Waals surface area contributed by atoms with E-state index in [-0.39, 0.29) is 6.09 Å². The van der Waals surface area contributed by atoms with Crippen molar-refractivity contribution in [2.24, 2.45) is 5.92 Å². The van der Waals surface area contributed by atoms with E-state index in [1.54, 1.807) is 16.7 Å². The van der Waals surface area contributed by atoms with Gasteiger partial charge in [0, 0.05) is 18.8 Å². The highest BCUT2D eigenvalue weighted by atomic mass is 32.2. The van der Waals surface area contributed by atoms with Crippen LogP contribution in [0.1, 0.15) is 32.9 Å². The minimum atomic E-state index is -0.429. The van der Waals surface area contributed by atoms with Crippen LogP contribution in [0.5, 0.6) is 0 Å². The number of rotatable bonds is 3. The van der Waals surface area contributed by atoms with Gasteiger partial charge in [-0.3, -0.25) is 0 Å². The molecule has 0 aliphatic carbocycles. The van der Waals surface area contributed by atoms with E-state index in [0.717, 1.165) is 36.0 Å². The molecule has 116 valence electrons. The summed E-state index contributed by atoms with van der Waals surface area (Å²) in [7, 11) is 0. The van der Waals surface area contributed by atoms with E-state index in [2.05, 4.69) is 10.2 Å². The Labute approximate surface area is 130 Å². The average molecular weight is 309 g/mol. The Hall–Kier alpha value is -1.30. The second-order valence-electron chi connectivity index (χ2n) is 6.41. The second-order valence-corrected chi connectivity index (χ2v) is 7.45. The van der Waals surface area contributed by atoms with E-state index in [9.17, 15) is 4.79 Å². The Morgan fingerprint density at radius 3 is 2.81 bits per heavy atom. The summed E-state index contributed by atoms with van der Waals surface area (Å²) in [6.07, 6.45) is 0.816. The molecular formula is C15H23N3O2S. The van der Waals surface area contributed by atoms with Gasteiger partial charge in [0.2, 0.25) is 0 Å². The van der Waals surface area contributed by atoms with Gasteiger partial charge in [0.05, 0.1) is 5.69 Å². The summed E-state index contributed by atoms with van der Waals surface area (Å²) < 4.78 is 5.40. The maximum absolute atomic E-state index is 12.0. The molecule has 1 amide bonds. The first-order chi connectivity index (χ1) is 9.83. The van der Waals surface area contributed by atoms with Crippen molar-refractivity contribution in [2.75, 3.05) is 18.8 Å². The van der Waals surface area contributed by atoms with E-state index in [1.807, 2.05) is 39.8 Å². The third-order valence-electron chi connectivity index (χ3n) is 3.18.